The fraction of sp³-hybridized carbons (Fsp3) is 0.682. The first-order chi connectivity index (χ1) is 13.1. The Morgan fingerprint density at radius 3 is 2.19 bits per heavy atom. The topological polar surface area (TPSA) is 73.6 Å². The largest absolute Gasteiger partial charge is 0.352 e. The summed E-state index contributed by atoms with van der Waals surface area (Å²) in [7, 11) is 3.43. The zero-order valence-corrected chi connectivity index (χ0v) is 17.3. The van der Waals surface area contributed by atoms with Crippen LogP contribution in [-0.2, 0) is 15.3 Å². The Hall–Kier alpha value is -1.59. The molecule has 154 valence electrons. The molecule has 0 radical (unpaired) electrons. The van der Waals surface area contributed by atoms with Gasteiger partial charge in [-0.15, -0.1) is 0 Å². The lowest BCUT2D eigenvalue weighted by Crippen LogP contribution is -2.40. The SMILES string of the molecule is CCCCCCCCC(CCCNC(N)=O)C(OC)(OC)c1ccccc1. The van der Waals surface area contributed by atoms with Crippen molar-refractivity contribution in [2.75, 3.05) is 20.8 Å². The van der Waals surface area contributed by atoms with Crippen LogP contribution >= 0.6 is 0 Å². The van der Waals surface area contributed by atoms with Crippen LogP contribution in [0.15, 0.2) is 30.3 Å². The third-order valence-corrected chi connectivity index (χ3v) is 5.25. The zero-order valence-electron chi connectivity index (χ0n) is 17.3. The predicted octanol–water partition coefficient (Wildman–Crippen LogP) is 4.95. The molecular weight excluding hydrogens is 340 g/mol. The molecule has 0 aromatic heterocycles. The highest BCUT2D eigenvalue weighted by Gasteiger charge is 2.40. The molecule has 0 aliphatic rings. The Morgan fingerprint density at radius 2 is 1.59 bits per heavy atom. The van der Waals surface area contributed by atoms with Gasteiger partial charge in [-0.3, -0.25) is 0 Å². The molecule has 3 N–H and O–H groups in total. The van der Waals surface area contributed by atoms with E-state index < -0.39 is 11.8 Å². The summed E-state index contributed by atoms with van der Waals surface area (Å²) < 4.78 is 11.9. The second kappa shape index (κ2) is 13.6. The van der Waals surface area contributed by atoms with Crippen molar-refractivity contribution in [2.45, 2.75) is 70.5 Å². The van der Waals surface area contributed by atoms with Crippen molar-refractivity contribution in [3.05, 3.63) is 35.9 Å². The molecule has 0 aliphatic carbocycles. The number of hydrogen-bond acceptors (Lipinski definition) is 3. The molecule has 0 saturated heterocycles. The number of rotatable bonds is 15. The number of amides is 2. The van der Waals surface area contributed by atoms with Crippen molar-refractivity contribution >= 4 is 6.03 Å². The highest BCUT2D eigenvalue weighted by atomic mass is 16.7. The van der Waals surface area contributed by atoms with Crippen LogP contribution in [0.2, 0.25) is 0 Å². The molecule has 0 aliphatic heterocycles. The first-order valence-electron chi connectivity index (χ1n) is 10.3. The fourth-order valence-electron chi connectivity index (χ4n) is 3.81. The van der Waals surface area contributed by atoms with E-state index in [1.54, 1.807) is 14.2 Å². The quantitative estimate of drug-likeness (QED) is 0.335. The summed E-state index contributed by atoms with van der Waals surface area (Å²) in [5.74, 6) is -0.562. The molecular formula is C22H38N2O3. The lowest BCUT2D eigenvalue weighted by Gasteiger charge is -2.39. The lowest BCUT2D eigenvalue weighted by molar-refractivity contribution is -0.253. The minimum absolute atomic E-state index is 0.204. The molecule has 5 heteroatoms. The third kappa shape index (κ3) is 7.89. The third-order valence-electron chi connectivity index (χ3n) is 5.25. The molecule has 0 saturated carbocycles. The molecule has 5 nitrogen and oxygen atoms in total. The normalized spacial score (nSPS) is 12.7. The van der Waals surface area contributed by atoms with Crippen molar-refractivity contribution in [1.82, 2.24) is 5.32 Å². The Balaban J connectivity index is 2.79. The van der Waals surface area contributed by atoms with E-state index in [4.69, 9.17) is 15.2 Å². The van der Waals surface area contributed by atoms with Crippen molar-refractivity contribution in [2.24, 2.45) is 11.7 Å². The molecule has 0 bridgehead atoms. The average Bonchev–Trinajstić information content (AvgIpc) is 2.69. The van der Waals surface area contributed by atoms with Gasteiger partial charge in [0, 0.05) is 32.2 Å². The van der Waals surface area contributed by atoms with E-state index in [1.807, 2.05) is 18.2 Å². The Morgan fingerprint density at radius 1 is 1.00 bits per heavy atom. The highest BCUT2D eigenvalue weighted by molar-refractivity contribution is 5.71. The monoisotopic (exact) mass is 378 g/mol. The van der Waals surface area contributed by atoms with E-state index in [2.05, 4.69) is 24.4 Å². The molecule has 1 rings (SSSR count). The maximum atomic E-state index is 10.9. The number of ether oxygens (including phenoxy) is 2. The van der Waals surface area contributed by atoms with E-state index in [0.29, 0.717) is 6.54 Å². The first-order valence-corrected chi connectivity index (χ1v) is 10.3. The van der Waals surface area contributed by atoms with Gasteiger partial charge in [-0.1, -0.05) is 75.8 Å². The molecule has 1 aromatic rings. The zero-order chi connectivity index (χ0) is 20.0. The molecule has 1 aromatic carbocycles. The van der Waals surface area contributed by atoms with Gasteiger partial charge in [-0.25, -0.2) is 4.79 Å². The Bertz CT molecular complexity index is 504. The van der Waals surface area contributed by atoms with Crippen LogP contribution in [0.1, 0.15) is 70.3 Å². The van der Waals surface area contributed by atoms with Crippen LogP contribution < -0.4 is 11.1 Å². The van der Waals surface area contributed by atoms with E-state index in [9.17, 15) is 4.79 Å². The lowest BCUT2D eigenvalue weighted by atomic mass is 9.83. The van der Waals surface area contributed by atoms with E-state index in [1.165, 1.54) is 32.1 Å². The molecule has 2 amide bonds. The minimum Gasteiger partial charge on any atom is -0.352 e. The van der Waals surface area contributed by atoms with Crippen LogP contribution in [0.3, 0.4) is 0 Å². The molecule has 0 fully saturated rings. The summed E-state index contributed by atoms with van der Waals surface area (Å²) in [4.78, 5) is 10.9. The number of carbonyl (C=O) groups excluding carboxylic acids is 1. The average molecular weight is 379 g/mol. The number of primary amides is 1. The standard InChI is InChI=1S/C22H38N2O3/c1-4-5-6-7-8-10-14-20(17-13-18-24-21(23)25)22(26-2,27-3)19-15-11-9-12-16-19/h9,11-12,15-16,20H,4-8,10,13-14,17-18H2,1-3H3,(H3,23,24,25). The van der Waals surface area contributed by atoms with Gasteiger partial charge in [0.2, 0.25) is 0 Å². The second-order valence-electron chi connectivity index (χ2n) is 7.13. The predicted molar refractivity (Wildman–Crippen MR) is 110 cm³/mol. The van der Waals surface area contributed by atoms with Crippen LogP contribution in [0.5, 0.6) is 0 Å². The highest BCUT2D eigenvalue weighted by Crippen LogP contribution is 2.39. The van der Waals surface area contributed by atoms with Gasteiger partial charge in [-0.05, 0) is 19.3 Å². The van der Waals surface area contributed by atoms with Gasteiger partial charge >= 0.3 is 6.03 Å². The van der Waals surface area contributed by atoms with Gasteiger partial charge < -0.3 is 20.5 Å². The Kier molecular flexibility index (Phi) is 11.8. The molecule has 1 unspecified atom stereocenters. The number of hydrogen-bond donors (Lipinski definition) is 2. The molecule has 0 heterocycles. The van der Waals surface area contributed by atoms with Gasteiger partial charge in [0.1, 0.15) is 0 Å². The van der Waals surface area contributed by atoms with E-state index in [-0.39, 0.29) is 5.92 Å². The maximum absolute atomic E-state index is 10.9. The number of unbranched alkanes of at least 4 members (excludes halogenated alkanes) is 5. The van der Waals surface area contributed by atoms with Crippen LogP contribution in [0.4, 0.5) is 4.79 Å². The van der Waals surface area contributed by atoms with Gasteiger partial charge in [0.15, 0.2) is 5.79 Å². The number of benzene rings is 1. The van der Waals surface area contributed by atoms with Crippen LogP contribution in [-0.4, -0.2) is 26.8 Å². The van der Waals surface area contributed by atoms with Crippen molar-refractivity contribution in [3.8, 4) is 0 Å². The molecule has 27 heavy (non-hydrogen) atoms. The summed E-state index contributed by atoms with van der Waals surface area (Å²) in [6.07, 6.45) is 10.3. The molecule has 0 spiro atoms. The summed E-state index contributed by atoms with van der Waals surface area (Å²) in [6.45, 7) is 2.81. The minimum atomic E-state index is -0.766. The second-order valence-corrected chi connectivity index (χ2v) is 7.13. The summed E-state index contributed by atoms with van der Waals surface area (Å²) in [5.41, 5.74) is 6.21. The summed E-state index contributed by atoms with van der Waals surface area (Å²) >= 11 is 0. The number of nitrogens with two attached hydrogens (primary N) is 1. The maximum Gasteiger partial charge on any atom is 0.312 e. The number of urea groups is 1. The van der Waals surface area contributed by atoms with Crippen molar-refractivity contribution in [3.63, 3.8) is 0 Å². The fourth-order valence-corrected chi connectivity index (χ4v) is 3.81. The number of carbonyl (C=O) groups is 1. The summed E-state index contributed by atoms with van der Waals surface area (Å²) in [5, 5.41) is 2.68. The Labute approximate surface area is 165 Å². The van der Waals surface area contributed by atoms with Gasteiger partial charge in [-0.2, -0.15) is 0 Å². The van der Waals surface area contributed by atoms with E-state index >= 15 is 0 Å². The summed E-state index contributed by atoms with van der Waals surface area (Å²) in [6, 6.07) is 9.66. The van der Waals surface area contributed by atoms with E-state index in [0.717, 1.165) is 31.2 Å². The smallest absolute Gasteiger partial charge is 0.312 e. The molecule has 1 atom stereocenters. The van der Waals surface area contributed by atoms with Crippen molar-refractivity contribution < 1.29 is 14.3 Å². The first kappa shape index (κ1) is 23.4. The van der Waals surface area contributed by atoms with Crippen molar-refractivity contribution in [1.29, 1.82) is 0 Å². The van der Waals surface area contributed by atoms with Gasteiger partial charge in [0.25, 0.3) is 0 Å². The van der Waals surface area contributed by atoms with Crippen LogP contribution in [0, 0.1) is 5.92 Å². The van der Waals surface area contributed by atoms with Crippen LogP contribution in [0.25, 0.3) is 0 Å². The van der Waals surface area contributed by atoms with Gasteiger partial charge in [0.05, 0.1) is 0 Å². The number of nitrogens with one attached hydrogen (secondary N) is 1. The number of methoxy groups -OCH3 is 2.